The zero-order valence-electron chi connectivity index (χ0n) is 15.2. The Morgan fingerprint density at radius 1 is 1.19 bits per heavy atom. The zero-order chi connectivity index (χ0) is 19.6. The van der Waals surface area contributed by atoms with Crippen LogP contribution in [0.15, 0.2) is 24.3 Å². The van der Waals surface area contributed by atoms with Crippen molar-refractivity contribution in [3.63, 3.8) is 0 Å². The van der Waals surface area contributed by atoms with E-state index in [1.54, 1.807) is 18.1 Å². The molecule has 0 spiro atoms. The van der Waals surface area contributed by atoms with Gasteiger partial charge in [0.1, 0.15) is 10.1 Å². The first-order valence-corrected chi connectivity index (χ1v) is 10.6. The average Bonchev–Trinajstić information content (AvgIpc) is 3.19. The van der Waals surface area contributed by atoms with Crippen LogP contribution in [-0.4, -0.2) is 50.1 Å². The fourth-order valence-corrected chi connectivity index (χ4v) is 5.06. The molecule has 0 N–H and O–H groups in total. The van der Waals surface area contributed by atoms with Crippen LogP contribution >= 0.6 is 45.9 Å². The second-order valence-corrected chi connectivity index (χ2v) is 9.48. The SMILES string of the molecule is COc1ccc2nc(N(CCCN(C)C)C(=O)c3cc(Cl)sc3Cl)sc2c1. The fourth-order valence-electron chi connectivity index (χ4n) is 2.60. The summed E-state index contributed by atoms with van der Waals surface area (Å²) in [6, 6.07) is 7.30. The molecular formula is C18H19Cl2N3O2S2. The van der Waals surface area contributed by atoms with Crippen LogP contribution in [0, 0.1) is 0 Å². The molecule has 0 saturated heterocycles. The number of ether oxygens (including phenoxy) is 1. The molecule has 0 aliphatic carbocycles. The molecule has 0 fully saturated rings. The van der Waals surface area contributed by atoms with E-state index in [1.807, 2.05) is 32.3 Å². The van der Waals surface area contributed by atoms with Gasteiger partial charge in [-0.05, 0) is 51.3 Å². The van der Waals surface area contributed by atoms with Crippen molar-refractivity contribution in [2.45, 2.75) is 6.42 Å². The lowest BCUT2D eigenvalue weighted by atomic mass is 10.3. The van der Waals surface area contributed by atoms with Crippen molar-refractivity contribution < 1.29 is 9.53 Å². The molecule has 0 aliphatic heterocycles. The Bertz CT molecular complexity index is 955. The number of hydrogen-bond acceptors (Lipinski definition) is 6. The van der Waals surface area contributed by atoms with Crippen molar-refractivity contribution in [2.75, 3.05) is 39.2 Å². The van der Waals surface area contributed by atoms with Crippen LogP contribution in [0.4, 0.5) is 5.13 Å². The van der Waals surface area contributed by atoms with Gasteiger partial charge in [0.2, 0.25) is 0 Å². The van der Waals surface area contributed by atoms with Crippen molar-refractivity contribution in [2.24, 2.45) is 0 Å². The molecule has 27 heavy (non-hydrogen) atoms. The molecule has 3 rings (SSSR count). The number of hydrogen-bond donors (Lipinski definition) is 0. The summed E-state index contributed by atoms with van der Waals surface area (Å²) in [5.41, 5.74) is 1.24. The number of aromatic nitrogens is 1. The minimum atomic E-state index is -0.187. The number of halogens is 2. The first kappa shape index (κ1) is 20.4. The molecule has 1 amide bonds. The molecule has 2 aromatic heterocycles. The highest BCUT2D eigenvalue weighted by Crippen LogP contribution is 2.35. The summed E-state index contributed by atoms with van der Waals surface area (Å²) in [6.07, 6.45) is 0.813. The molecule has 3 aromatic rings. The molecule has 0 atom stereocenters. The molecule has 0 radical (unpaired) electrons. The molecule has 5 nitrogen and oxygen atoms in total. The van der Waals surface area contributed by atoms with Gasteiger partial charge >= 0.3 is 0 Å². The maximum Gasteiger partial charge on any atom is 0.262 e. The van der Waals surface area contributed by atoms with Gasteiger partial charge < -0.3 is 9.64 Å². The van der Waals surface area contributed by atoms with E-state index < -0.39 is 0 Å². The van der Waals surface area contributed by atoms with E-state index in [0.29, 0.717) is 25.9 Å². The third kappa shape index (κ3) is 4.73. The van der Waals surface area contributed by atoms with E-state index in [1.165, 1.54) is 22.7 Å². The lowest BCUT2D eigenvalue weighted by Crippen LogP contribution is -2.33. The largest absolute Gasteiger partial charge is 0.497 e. The standard InChI is InChI=1S/C18H19Cl2N3O2S2/c1-22(2)7-4-8-23(17(24)12-10-15(19)27-16(12)20)18-21-13-6-5-11(25-3)9-14(13)26-18/h5-6,9-10H,4,7-8H2,1-3H3. The maximum absolute atomic E-state index is 13.2. The molecular weight excluding hydrogens is 425 g/mol. The topological polar surface area (TPSA) is 45.7 Å². The van der Waals surface area contributed by atoms with Gasteiger partial charge in [-0.15, -0.1) is 11.3 Å². The maximum atomic E-state index is 13.2. The Hall–Kier alpha value is -1.38. The lowest BCUT2D eigenvalue weighted by Gasteiger charge is -2.20. The molecule has 0 aliphatic rings. The summed E-state index contributed by atoms with van der Waals surface area (Å²) in [5.74, 6) is 0.573. The number of carbonyl (C=O) groups is 1. The van der Waals surface area contributed by atoms with E-state index in [2.05, 4.69) is 9.88 Å². The normalized spacial score (nSPS) is 11.3. The number of amides is 1. The molecule has 0 bridgehead atoms. The minimum absolute atomic E-state index is 0.187. The van der Waals surface area contributed by atoms with Gasteiger partial charge in [0.25, 0.3) is 5.91 Å². The van der Waals surface area contributed by atoms with Gasteiger partial charge in [0.15, 0.2) is 5.13 Å². The number of carbonyl (C=O) groups excluding carboxylic acids is 1. The Balaban J connectivity index is 1.95. The summed E-state index contributed by atoms with van der Waals surface area (Å²) in [5, 5.41) is 0.639. The van der Waals surface area contributed by atoms with Crippen LogP contribution in [0.25, 0.3) is 10.2 Å². The van der Waals surface area contributed by atoms with E-state index in [4.69, 9.17) is 27.9 Å². The van der Waals surface area contributed by atoms with Gasteiger partial charge in [0, 0.05) is 6.54 Å². The van der Waals surface area contributed by atoms with E-state index in [-0.39, 0.29) is 5.91 Å². The zero-order valence-corrected chi connectivity index (χ0v) is 18.3. The summed E-state index contributed by atoms with van der Waals surface area (Å²) >= 11 is 14.9. The number of benzene rings is 1. The summed E-state index contributed by atoms with van der Waals surface area (Å²) in [7, 11) is 5.64. The van der Waals surface area contributed by atoms with Crippen LogP contribution in [0.5, 0.6) is 5.75 Å². The van der Waals surface area contributed by atoms with Crippen LogP contribution in [0.1, 0.15) is 16.8 Å². The molecule has 9 heteroatoms. The number of methoxy groups -OCH3 is 1. The Morgan fingerprint density at radius 2 is 1.96 bits per heavy atom. The van der Waals surface area contributed by atoms with Gasteiger partial charge in [0.05, 0.1) is 27.2 Å². The van der Waals surface area contributed by atoms with Crippen molar-refractivity contribution in [3.05, 3.63) is 38.5 Å². The first-order valence-electron chi connectivity index (χ1n) is 8.25. The molecule has 0 unspecified atom stereocenters. The van der Waals surface area contributed by atoms with Gasteiger partial charge in [-0.2, -0.15) is 0 Å². The molecule has 144 valence electrons. The molecule has 1 aromatic carbocycles. The van der Waals surface area contributed by atoms with Crippen molar-refractivity contribution in [1.82, 2.24) is 9.88 Å². The Labute approximate surface area is 176 Å². The first-order chi connectivity index (χ1) is 12.9. The van der Waals surface area contributed by atoms with Crippen molar-refractivity contribution >= 4 is 67.1 Å². The second kappa shape index (κ2) is 8.75. The number of thiophene rings is 1. The van der Waals surface area contributed by atoms with E-state index >= 15 is 0 Å². The number of fused-ring (bicyclic) bond motifs is 1. The Morgan fingerprint density at radius 3 is 2.59 bits per heavy atom. The quantitative estimate of drug-likeness (QED) is 0.498. The highest BCUT2D eigenvalue weighted by molar-refractivity contribution is 7.22. The predicted octanol–water partition coefficient (Wildman–Crippen LogP) is 5.27. The van der Waals surface area contributed by atoms with Gasteiger partial charge in [-0.25, -0.2) is 4.98 Å². The minimum Gasteiger partial charge on any atom is -0.497 e. The highest BCUT2D eigenvalue weighted by atomic mass is 35.5. The van der Waals surface area contributed by atoms with E-state index in [9.17, 15) is 4.79 Å². The summed E-state index contributed by atoms with van der Waals surface area (Å²) in [4.78, 5) is 21.6. The lowest BCUT2D eigenvalue weighted by molar-refractivity contribution is 0.0986. The van der Waals surface area contributed by atoms with E-state index in [0.717, 1.165) is 28.9 Å². The summed E-state index contributed by atoms with van der Waals surface area (Å²) < 4.78 is 7.13. The van der Waals surface area contributed by atoms with Crippen molar-refractivity contribution in [3.8, 4) is 5.75 Å². The van der Waals surface area contributed by atoms with Gasteiger partial charge in [-0.3, -0.25) is 9.69 Å². The van der Waals surface area contributed by atoms with Gasteiger partial charge in [-0.1, -0.05) is 34.5 Å². The van der Waals surface area contributed by atoms with Crippen LogP contribution < -0.4 is 9.64 Å². The second-order valence-electron chi connectivity index (χ2n) is 6.18. The fraction of sp³-hybridized carbons (Fsp3) is 0.333. The highest BCUT2D eigenvalue weighted by Gasteiger charge is 2.24. The smallest absolute Gasteiger partial charge is 0.262 e. The van der Waals surface area contributed by atoms with Crippen molar-refractivity contribution in [1.29, 1.82) is 0 Å². The van der Waals surface area contributed by atoms with Crippen LogP contribution in [-0.2, 0) is 0 Å². The number of nitrogens with zero attached hydrogens (tertiary/aromatic N) is 3. The molecule has 0 saturated carbocycles. The predicted molar refractivity (Wildman–Crippen MR) is 115 cm³/mol. The number of rotatable bonds is 7. The third-order valence-electron chi connectivity index (χ3n) is 3.93. The summed E-state index contributed by atoms with van der Waals surface area (Å²) in [6.45, 7) is 1.40. The number of anilines is 1. The Kier molecular flexibility index (Phi) is 6.60. The third-order valence-corrected chi connectivity index (χ3v) is 6.46. The average molecular weight is 444 g/mol. The van der Waals surface area contributed by atoms with Crippen LogP contribution in [0.2, 0.25) is 8.67 Å². The van der Waals surface area contributed by atoms with Crippen LogP contribution in [0.3, 0.4) is 0 Å². The number of thiazole rings is 1. The molecule has 2 heterocycles. The monoisotopic (exact) mass is 443 g/mol.